The Labute approximate surface area is 127 Å². The minimum atomic E-state index is 0.388. The first kappa shape index (κ1) is 14.3. The first-order valence-corrected chi connectivity index (χ1v) is 7.71. The van der Waals surface area contributed by atoms with E-state index in [0.29, 0.717) is 6.04 Å². The second-order valence-corrected chi connectivity index (χ2v) is 6.12. The van der Waals surface area contributed by atoms with Gasteiger partial charge in [-0.3, -0.25) is 4.90 Å². The molecule has 3 rings (SSSR count). The molecule has 0 fully saturated rings. The lowest BCUT2D eigenvalue weighted by atomic mass is 10.0. The normalized spacial score (nSPS) is 16.0. The van der Waals surface area contributed by atoms with Crippen LogP contribution in [0, 0.1) is 13.8 Å². The van der Waals surface area contributed by atoms with Gasteiger partial charge in [0.1, 0.15) is 0 Å². The molecule has 2 nitrogen and oxygen atoms in total. The summed E-state index contributed by atoms with van der Waals surface area (Å²) in [6.45, 7) is 7.55. The highest BCUT2D eigenvalue weighted by Gasteiger charge is 2.21. The zero-order chi connectivity index (χ0) is 14.8. The molecule has 0 bridgehead atoms. The highest BCUT2D eigenvalue weighted by atomic mass is 15.2. The van der Waals surface area contributed by atoms with E-state index in [4.69, 9.17) is 0 Å². The lowest BCUT2D eigenvalue weighted by Gasteiger charge is -2.24. The van der Waals surface area contributed by atoms with Crippen LogP contribution in [0.15, 0.2) is 42.5 Å². The van der Waals surface area contributed by atoms with Crippen LogP contribution in [0.1, 0.15) is 33.9 Å². The molecule has 0 saturated carbocycles. The van der Waals surface area contributed by atoms with Gasteiger partial charge in [0.15, 0.2) is 0 Å². The van der Waals surface area contributed by atoms with E-state index in [-0.39, 0.29) is 0 Å². The number of nitrogens with one attached hydrogen (secondary N) is 1. The van der Waals surface area contributed by atoms with Gasteiger partial charge in [0.25, 0.3) is 0 Å². The molecule has 0 amide bonds. The quantitative estimate of drug-likeness (QED) is 0.921. The van der Waals surface area contributed by atoms with Crippen molar-refractivity contribution in [3.63, 3.8) is 0 Å². The standard InChI is InChI=1S/C19H24N2/c1-14-8-9-16(10-15(14)2)19(20-3)13-21-11-17-6-4-5-7-18(17)12-21/h4-10,19-20H,11-13H2,1-3H3. The summed E-state index contributed by atoms with van der Waals surface area (Å²) in [5.41, 5.74) is 7.08. The van der Waals surface area contributed by atoms with Crippen LogP contribution in [-0.4, -0.2) is 18.5 Å². The Kier molecular flexibility index (Phi) is 4.09. The monoisotopic (exact) mass is 280 g/mol. The molecule has 1 unspecified atom stereocenters. The van der Waals surface area contributed by atoms with E-state index >= 15 is 0 Å². The Morgan fingerprint density at radius 3 is 2.24 bits per heavy atom. The second-order valence-electron chi connectivity index (χ2n) is 6.12. The van der Waals surface area contributed by atoms with Crippen LogP contribution in [0.2, 0.25) is 0 Å². The number of aryl methyl sites for hydroxylation is 2. The summed E-state index contributed by atoms with van der Waals surface area (Å²) in [7, 11) is 2.06. The number of fused-ring (bicyclic) bond motifs is 1. The average molecular weight is 280 g/mol. The molecule has 1 aliphatic rings. The molecule has 110 valence electrons. The summed E-state index contributed by atoms with van der Waals surface area (Å²) in [6, 6.07) is 16.0. The largest absolute Gasteiger partial charge is 0.312 e. The van der Waals surface area contributed by atoms with Gasteiger partial charge in [-0.15, -0.1) is 0 Å². The molecule has 0 aromatic heterocycles. The van der Waals surface area contributed by atoms with E-state index in [2.05, 4.69) is 73.6 Å². The van der Waals surface area contributed by atoms with Crippen molar-refractivity contribution in [3.05, 3.63) is 70.3 Å². The third-order valence-electron chi connectivity index (χ3n) is 4.63. The Morgan fingerprint density at radius 1 is 1.00 bits per heavy atom. The number of hydrogen-bond donors (Lipinski definition) is 1. The number of rotatable bonds is 4. The Morgan fingerprint density at radius 2 is 1.67 bits per heavy atom. The lowest BCUT2D eigenvalue weighted by molar-refractivity contribution is 0.253. The van der Waals surface area contributed by atoms with E-state index < -0.39 is 0 Å². The SMILES string of the molecule is CNC(CN1Cc2ccccc2C1)c1ccc(C)c(C)c1. The van der Waals surface area contributed by atoms with E-state index in [1.165, 1.54) is 27.8 Å². The first-order chi connectivity index (χ1) is 10.2. The van der Waals surface area contributed by atoms with Crippen molar-refractivity contribution in [3.8, 4) is 0 Å². The van der Waals surface area contributed by atoms with Crippen LogP contribution in [0.25, 0.3) is 0 Å². The highest BCUT2D eigenvalue weighted by molar-refractivity contribution is 5.33. The lowest BCUT2D eigenvalue weighted by Crippen LogP contribution is -2.30. The molecule has 1 heterocycles. The number of benzene rings is 2. The predicted molar refractivity (Wildman–Crippen MR) is 88.3 cm³/mol. The van der Waals surface area contributed by atoms with Gasteiger partial charge in [0.2, 0.25) is 0 Å². The molecule has 1 atom stereocenters. The Bertz CT molecular complexity index is 608. The van der Waals surface area contributed by atoms with Gasteiger partial charge >= 0.3 is 0 Å². The fourth-order valence-corrected chi connectivity index (χ4v) is 3.14. The molecule has 1 aliphatic heterocycles. The summed E-state index contributed by atoms with van der Waals surface area (Å²) in [6.07, 6.45) is 0. The molecule has 2 aromatic rings. The summed E-state index contributed by atoms with van der Waals surface area (Å²) in [5.74, 6) is 0. The Balaban J connectivity index is 1.72. The molecule has 21 heavy (non-hydrogen) atoms. The van der Waals surface area contributed by atoms with Gasteiger partial charge in [-0.05, 0) is 48.7 Å². The topological polar surface area (TPSA) is 15.3 Å². The maximum absolute atomic E-state index is 3.48. The van der Waals surface area contributed by atoms with Crippen molar-refractivity contribution < 1.29 is 0 Å². The van der Waals surface area contributed by atoms with Crippen molar-refractivity contribution in [2.75, 3.05) is 13.6 Å². The van der Waals surface area contributed by atoms with Crippen molar-refractivity contribution in [1.82, 2.24) is 10.2 Å². The average Bonchev–Trinajstić information content (AvgIpc) is 2.90. The molecule has 0 saturated heterocycles. The van der Waals surface area contributed by atoms with Crippen LogP contribution < -0.4 is 5.32 Å². The van der Waals surface area contributed by atoms with E-state index in [1.807, 2.05) is 0 Å². The van der Waals surface area contributed by atoms with Crippen molar-refractivity contribution in [2.24, 2.45) is 0 Å². The third-order valence-corrected chi connectivity index (χ3v) is 4.63. The molecular weight excluding hydrogens is 256 g/mol. The number of nitrogens with zero attached hydrogens (tertiary/aromatic N) is 1. The van der Waals surface area contributed by atoms with Crippen LogP contribution in [-0.2, 0) is 13.1 Å². The minimum absolute atomic E-state index is 0.388. The van der Waals surface area contributed by atoms with Gasteiger partial charge < -0.3 is 5.32 Å². The maximum Gasteiger partial charge on any atom is 0.0447 e. The van der Waals surface area contributed by atoms with Gasteiger partial charge in [0, 0.05) is 25.7 Å². The van der Waals surface area contributed by atoms with Gasteiger partial charge in [-0.1, -0.05) is 42.5 Å². The van der Waals surface area contributed by atoms with Crippen LogP contribution in [0.3, 0.4) is 0 Å². The van der Waals surface area contributed by atoms with Gasteiger partial charge in [-0.25, -0.2) is 0 Å². The molecule has 2 heteroatoms. The molecule has 2 aromatic carbocycles. The summed E-state index contributed by atoms with van der Waals surface area (Å²) >= 11 is 0. The first-order valence-electron chi connectivity index (χ1n) is 7.71. The van der Waals surface area contributed by atoms with Crippen molar-refractivity contribution in [1.29, 1.82) is 0 Å². The molecule has 0 aliphatic carbocycles. The third kappa shape index (κ3) is 3.02. The van der Waals surface area contributed by atoms with Crippen LogP contribution in [0.5, 0.6) is 0 Å². The molecule has 1 N–H and O–H groups in total. The van der Waals surface area contributed by atoms with Crippen LogP contribution >= 0.6 is 0 Å². The summed E-state index contributed by atoms with van der Waals surface area (Å²) in [5, 5.41) is 3.48. The minimum Gasteiger partial charge on any atom is -0.312 e. The molecule has 0 radical (unpaired) electrons. The summed E-state index contributed by atoms with van der Waals surface area (Å²) in [4.78, 5) is 2.53. The van der Waals surface area contributed by atoms with Crippen LogP contribution in [0.4, 0.5) is 0 Å². The van der Waals surface area contributed by atoms with E-state index in [0.717, 1.165) is 19.6 Å². The second kappa shape index (κ2) is 6.00. The van der Waals surface area contributed by atoms with E-state index in [9.17, 15) is 0 Å². The number of hydrogen-bond acceptors (Lipinski definition) is 2. The predicted octanol–water partition coefficient (Wildman–Crippen LogP) is 3.58. The van der Waals surface area contributed by atoms with Crippen molar-refractivity contribution in [2.45, 2.75) is 33.0 Å². The molecular formula is C19H24N2. The smallest absolute Gasteiger partial charge is 0.0447 e. The molecule has 0 spiro atoms. The van der Waals surface area contributed by atoms with Crippen molar-refractivity contribution >= 4 is 0 Å². The maximum atomic E-state index is 3.48. The fraction of sp³-hybridized carbons (Fsp3) is 0.368. The van der Waals surface area contributed by atoms with Gasteiger partial charge in [0.05, 0.1) is 0 Å². The zero-order valence-electron chi connectivity index (χ0n) is 13.2. The fourth-order valence-electron chi connectivity index (χ4n) is 3.14. The highest BCUT2D eigenvalue weighted by Crippen LogP contribution is 2.25. The zero-order valence-corrected chi connectivity index (χ0v) is 13.2. The number of likely N-dealkylation sites (N-methyl/N-ethyl adjacent to an activating group) is 1. The Hall–Kier alpha value is -1.64. The van der Waals surface area contributed by atoms with Gasteiger partial charge in [-0.2, -0.15) is 0 Å². The van der Waals surface area contributed by atoms with E-state index in [1.54, 1.807) is 0 Å². The summed E-state index contributed by atoms with van der Waals surface area (Å²) < 4.78 is 0.